The molecular formula is C24H29N5OS. The Balaban J connectivity index is 1.53. The fourth-order valence-corrected chi connectivity index (χ4v) is 4.81. The van der Waals surface area contributed by atoms with Gasteiger partial charge in [-0.3, -0.25) is 14.3 Å². The standard InChI is InChI=1S/C24H29N5OS/c1-2-28(20-12-6-3-7-13-20)23(30)19-31-24-26-25-22(18-27-16-10-5-11-17-27)29(24)21-14-8-4-9-15-21/h3-4,6-9,12-15H,2,5,10-11,16-19H2,1H3. The SMILES string of the molecule is CCN(C(=O)CSc1nnc(CN2CCCCC2)n1-c1ccccc1)c1ccccc1. The van der Waals surface area contributed by atoms with Crippen molar-refractivity contribution in [3.63, 3.8) is 0 Å². The number of hydrogen-bond acceptors (Lipinski definition) is 5. The van der Waals surface area contributed by atoms with E-state index in [-0.39, 0.29) is 5.91 Å². The zero-order chi connectivity index (χ0) is 21.5. The average molecular weight is 436 g/mol. The summed E-state index contributed by atoms with van der Waals surface area (Å²) in [5.41, 5.74) is 1.95. The van der Waals surface area contributed by atoms with Crippen molar-refractivity contribution in [2.75, 3.05) is 30.3 Å². The Labute approximate surface area is 188 Å². The molecule has 0 radical (unpaired) electrons. The van der Waals surface area contributed by atoms with E-state index in [0.29, 0.717) is 12.3 Å². The Bertz CT molecular complexity index is 970. The summed E-state index contributed by atoms with van der Waals surface area (Å²) in [4.78, 5) is 17.2. The number of nitrogens with zero attached hydrogens (tertiary/aromatic N) is 5. The molecule has 7 heteroatoms. The van der Waals surface area contributed by atoms with Crippen LogP contribution in [0.15, 0.2) is 65.8 Å². The molecule has 0 N–H and O–H groups in total. The van der Waals surface area contributed by atoms with Gasteiger partial charge >= 0.3 is 0 Å². The summed E-state index contributed by atoms with van der Waals surface area (Å²) in [6, 6.07) is 20.0. The highest BCUT2D eigenvalue weighted by Gasteiger charge is 2.21. The van der Waals surface area contributed by atoms with Crippen molar-refractivity contribution in [3.8, 4) is 5.69 Å². The van der Waals surface area contributed by atoms with Crippen LogP contribution in [0.4, 0.5) is 5.69 Å². The fourth-order valence-electron chi connectivity index (χ4n) is 3.97. The molecule has 3 aromatic rings. The van der Waals surface area contributed by atoms with Crippen LogP contribution in [0, 0.1) is 0 Å². The van der Waals surface area contributed by atoms with Crippen LogP contribution < -0.4 is 4.90 Å². The van der Waals surface area contributed by atoms with E-state index in [0.717, 1.165) is 42.0 Å². The fraction of sp³-hybridized carbons (Fsp3) is 0.375. The van der Waals surface area contributed by atoms with Gasteiger partial charge in [0.05, 0.1) is 12.3 Å². The van der Waals surface area contributed by atoms with Crippen LogP contribution in [-0.4, -0.2) is 51.0 Å². The lowest BCUT2D eigenvalue weighted by molar-refractivity contribution is -0.116. The third-order valence-corrected chi connectivity index (χ3v) is 6.45. The van der Waals surface area contributed by atoms with E-state index >= 15 is 0 Å². The van der Waals surface area contributed by atoms with Crippen LogP contribution in [0.25, 0.3) is 5.69 Å². The maximum atomic E-state index is 13.0. The summed E-state index contributed by atoms with van der Waals surface area (Å²) in [5.74, 6) is 1.31. The van der Waals surface area contributed by atoms with E-state index in [1.807, 2.05) is 60.4 Å². The van der Waals surface area contributed by atoms with Gasteiger partial charge in [-0.15, -0.1) is 10.2 Å². The number of anilines is 1. The topological polar surface area (TPSA) is 54.3 Å². The molecule has 162 valence electrons. The van der Waals surface area contributed by atoms with Crippen LogP contribution in [-0.2, 0) is 11.3 Å². The lowest BCUT2D eigenvalue weighted by Crippen LogP contribution is -2.32. The van der Waals surface area contributed by atoms with Gasteiger partial charge in [-0.2, -0.15) is 0 Å². The first-order chi connectivity index (χ1) is 15.3. The Hall–Kier alpha value is -2.64. The smallest absolute Gasteiger partial charge is 0.237 e. The summed E-state index contributed by atoms with van der Waals surface area (Å²) in [5, 5.41) is 9.74. The second kappa shape index (κ2) is 10.6. The molecular weight excluding hydrogens is 406 g/mol. The first kappa shape index (κ1) is 21.6. The third-order valence-electron chi connectivity index (χ3n) is 5.54. The molecule has 0 saturated carbocycles. The van der Waals surface area contributed by atoms with Gasteiger partial charge in [0.1, 0.15) is 0 Å². The number of piperidine rings is 1. The molecule has 0 bridgehead atoms. The quantitative estimate of drug-likeness (QED) is 0.491. The van der Waals surface area contributed by atoms with Crippen molar-refractivity contribution in [3.05, 3.63) is 66.5 Å². The first-order valence-electron chi connectivity index (χ1n) is 11.0. The molecule has 1 amide bonds. The Kier molecular flexibility index (Phi) is 7.38. The van der Waals surface area contributed by atoms with Crippen molar-refractivity contribution in [1.29, 1.82) is 0 Å². The minimum Gasteiger partial charge on any atom is -0.312 e. The second-order valence-corrected chi connectivity index (χ2v) is 8.61. The van der Waals surface area contributed by atoms with Crippen LogP contribution in [0.3, 0.4) is 0 Å². The first-order valence-corrected chi connectivity index (χ1v) is 11.9. The molecule has 1 aliphatic rings. The number of hydrogen-bond donors (Lipinski definition) is 0. The van der Waals surface area contributed by atoms with E-state index in [9.17, 15) is 4.79 Å². The van der Waals surface area contributed by atoms with Crippen LogP contribution in [0.1, 0.15) is 32.0 Å². The number of carbonyl (C=O) groups excluding carboxylic acids is 1. The summed E-state index contributed by atoms with van der Waals surface area (Å²) in [7, 11) is 0. The van der Waals surface area contributed by atoms with Crippen molar-refractivity contribution in [2.24, 2.45) is 0 Å². The molecule has 0 spiro atoms. The normalized spacial score (nSPS) is 14.5. The highest BCUT2D eigenvalue weighted by Crippen LogP contribution is 2.25. The van der Waals surface area contributed by atoms with Crippen molar-refractivity contribution in [2.45, 2.75) is 37.9 Å². The summed E-state index contributed by atoms with van der Waals surface area (Å²) in [6.07, 6.45) is 3.78. The lowest BCUT2D eigenvalue weighted by atomic mass is 10.1. The molecule has 1 aliphatic heterocycles. The average Bonchev–Trinajstić information content (AvgIpc) is 3.22. The minimum atomic E-state index is 0.0684. The van der Waals surface area contributed by atoms with Gasteiger partial charge in [-0.1, -0.05) is 54.6 Å². The minimum absolute atomic E-state index is 0.0684. The molecule has 0 aliphatic carbocycles. The molecule has 31 heavy (non-hydrogen) atoms. The number of rotatable bonds is 8. The van der Waals surface area contributed by atoms with Gasteiger partial charge in [0.15, 0.2) is 11.0 Å². The van der Waals surface area contributed by atoms with Crippen molar-refractivity contribution < 1.29 is 4.79 Å². The molecule has 6 nitrogen and oxygen atoms in total. The highest BCUT2D eigenvalue weighted by atomic mass is 32.2. The van der Waals surface area contributed by atoms with Crippen molar-refractivity contribution >= 4 is 23.4 Å². The Morgan fingerprint density at radius 3 is 2.32 bits per heavy atom. The van der Waals surface area contributed by atoms with E-state index in [2.05, 4.69) is 31.8 Å². The summed E-state index contributed by atoms with van der Waals surface area (Å²) in [6.45, 7) is 5.62. The van der Waals surface area contributed by atoms with Crippen LogP contribution >= 0.6 is 11.8 Å². The van der Waals surface area contributed by atoms with E-state index in [4.69, 9.17) is 0 Å². The van der Waals surface area contributed by atoms with Crippen LogP contribution in [0.5, 0.6) is 0 Å². The zero-order valence-corrected chi connectivity index (χ0v) is 18.8. The number of thioether (sulfide) groups is 1. The predicted octanol–water partition coefficient (Wildman–Crippen LogP) is 4.40. The van der Waals surface area contributed by atoms with E-state index in [1.165, 1.54) is 31.0 Å². The number of para-hydroxylation sites is 2. The van der Waals surface area contributed by atoms with Gasteiger partial charge in [-0.05, 0) is 57.1 Å². The molecule has 0 unspecified atom stereocenters. The number of amides is 1. The maximum Gasteiger partial charge on any atom is 0.237 e. The Morgan fingerprint density at radius 1 is 0.968 bits per heavy atom. The van der Waals surface area contributed by atoms with Gasteiger partial charge in [-0.25, -0.2) is 0 Å². The largest absolute Gasteiger partial charge is 0.312 e. The second-order valence-electron chi connectivity index (χ2n) is 7.67. The molecule has 1 aromatic heterocycles. The summed E-state index contributed by atoms with van der Waals surface area (Å²) < 4.78 is 2.10. The number of benzene rings is 2. The number of likely N-dealkylation sites (tertiary alicyclic amines) is 1. The molecule has 1 saturated heterocycles. The molecule has 0 atom stereocenters. The predicted molar refractivity (Wildman–Crippen MR) is 126 cm³/mol. The maximum absolute atomic E-state index is 13.0. The zero-order valence-electron chi connectivity index (χ0n) is 18.0. The van der Waals surface area contributed by atoms with Gasteiger partial charge in [0.25, 0.3) is 0 Å². The summed E-state index contributed by atoms with van der Waals surface area (Å²) >= 11 is 1.45. The van der Waals surface area contributed by atoms with Gasteiger partial charge in [0, 0.05) is 17.9 Å². The molecule has 1 fully saturated rings. The monoisotopic (exact) mass is 435 g/mol. The van der Waals surface area contributed by atoms with Gasteiger partial charge < -0.3 is 4.90 Å². The molecule has 4 rings (SSSR count). The third kappa shape index (κ3) is 5.35. The highest BCUT2D eigenvalue weighted by molar-refractivity contribution is 7.99. The van der Waals surface area contributed by atoms with Gasteiger partial charge in [0.2, 0.25) is 5.91 Å². The number of carbonyl (C=O) groups is 1. The van der Waals surface area contributed by atoms with Crippen molar-refractivity contribution in [1.82, 2.24) is 19.7 Å². The molecule has 2 aromatic carbocycles. The molecule has 2 heterocycles. The van der Waals surface area contributed by atoms with E-state index in [1.54, 1.807) is 0 Å². The number of aromatic nitrogens is 3. The van der Waals surface area contributed by atoms with Crippen LogP contribution in [0.2, 0.25) is 0 Å². The van der Waals surface area contributed by atoms with E-state index < -0.39 is 0 Å². The Morgan fingerprint density at radius 2 is 1.65 bits per heavy atom. The lowest BCUT2D eigenvalue weighted by Gasteiger charge is -2.26.